The van der Waals surface area contributed by atoms with Crippen molar-refractivity contribution in [1.29, 1.82) is 0 Å². The summed E-state index contributed by atoms with van der Waals surface area (Å²) >= 11 is 1.67. The Bertz CT molecular complexity index is 951. The summed E-state index contributed by atoms with van der Waals surface area (Å²) in [7, 11) is 3.41. The second-order valence-electron chi connectivity index (χ2n) is 8.43. The van der Waals surface area contributed by atoms with Crippen molar-refractivity contribution < 1.29 is 9.47 Å². The summed E-state index contributed by atoms with van der Waals surface area (Å²) in [5.74, 6) is 1.77. The SMILES string of the molecule is COc1ccc(OC)c(CN2CCN(c3nn4cc(C(C)(C)C)nc4s3)CC2)c1. The molecule has 0 saturated carbocycles. The number of aromatic nitrogens is 3. The lowest BCUT2D eigenvalue weighted by molar-refractivity contribution is 0.245. The molecule has 0 N–H and O–H groups in total. The van der Waals surface area contributed by atoms with E-state index in [0.29, 0.717) is 0 Å². The molecule has 1 fully saturated rings. The van der Waals surface area contributed by atoms with Crippen molar-refractivity contribution in [1.82, 2.24) is 19.5 Å². The number of imidazole rings is 1. The van der Waals surface area contributed by atoms with Crippen molar-refractivity contribution in [3.8, 4) is 11.5 Å². The maximum Gasteiger partial charge on any atom is 0.214 e. The highest BCUT2D eigenvalue weighted by atomic mass is 32.1. The van der Waals surface area contributed by atoms with Gasteiger partial charge in [-0.25, -0.2) is 9.50 Å². The van der Waals surface area contributed by atoms with E-state index in [1.54, 1.807) is 25.6 Å². The normalized spacial score (nSPS) is 15.8. The molecule has 1 aliphatic heterocycles. The third-order valence-corrected chi connectivity index (χ3v) is 6.31. The van der Waals surface area contributed by atoms with Gasteiger partial charge in [-0.05, 0) is 18.2 Å². The lowest BCUT2D eigenvalue weighted by Gasteiger charge is -2.34. The Morgan fingerprint density at radius 3 is 2.45 bits per heavy atom. The molecule has 1 saturated heterocycles. The maximum absolute atomic E-state index is 5.52. The number of methoxy groups -OCH3 is 2. The molecule has 8 heteroatoms. The standard InChI is InChI=1S/C21H29N5O2S/c1-21(2,3)18-14-26-19(22-18)29-20(23-26)25-10-8-24(9-11-25)13-15-12-16(27-4)6-7-17(15)28-5/h6-7,12,14H,8-11,13H2,1-5H3. The van der Waals surface area contributed by atoms with Crippen LogP contribution in [0.4, 0.5) is 5.13 Å². The third-order valence-electron chi connectivity index (χ3n) is 5.33. The van der Waals surface area contributed by atoms with E-state index >= 15 is 0 Å². The number of benzene rings is 1. The fourth-order valence-corrected chi connectivity index (χ4v) is 4.46. The molecule has 3 aromatic rings. The van der Waals surface area contributed by atoms with Crippen molar-refractivity contribution in [3.05, 3.63) is 35.7 Å². The molecule has 1 aliphatic rings. The average Bonchev–Trinajstić information content (AvgIpc) is 3.28. The van der Waals surface area contributed by atoms with Gasteiger partial charge in [-0.3, -0.25) is 4.90 Å². The van der Waals surface area contributed by atoms with Gasteiger partial charge in [-0.1, -0.05) is 32.1 Å². The smallest absolute Gasteiger partial charge is 0.214 e. The summed E-state index contributed by atoms with van der Waals surface area (Å²) in [5, 5.41) is 5.82. The van der Waals surface area contributed by atoms with E-state index in [1.165, 1.54) is 0 Å². The van der Waals surface area contributed by atoms with Crippen molar-refractivity contribution in [2.24, 2.45) is 0 Å². The first kappa shape index (κ1) is 20.0. The van der Waals surface area contributed by atoms with Crippen molar-refractivity contribution in [2.75, 3.05) is 45.3 Å². The predicted molar refractivity (Wildman–Crippen MR) is 117 cm³/mol. The van der Waals surface area contributed by atoms with Gasteiger partial charge in [0.25, 0.3) is 0 Å². The van der Waals surface area contributed by atoms with Crippen molar-refractivity contribution >= 4 is 21.4 Å². The van der Waals surface area contributed by atoms with Crippen LogP contribution in [-0.2, 0) is 12.0 Å². The highest BCUT2D eigenvalue weighted by Crippen LogP contribution is 2.29. The Hall–Kier alpha value is -2.32. The van der Waals surface area contributed by atoms with Gasteiger partial charge in [-0.2, -0.15) is 0 Å². The lowest BCUT2D eigenvalue weighted by atomic mass is 9.93. The van der Waals surface area contributed by atoms with E-state index in [1.807, 2.05) is 16.6 Å². The summed E-state index contributed by atoms with van der Waals surface area (Å²) < 4.78 is 12.8. The highest BCUT2D eigenvalue weighted by Gasteiger charge is 2.23. The first-order valence-electron chi connectivity index (χ1n) is 9.92. The predicted octanol–water partition coefficient (Wildman–Crippen LogP) is 3.43. The summed E-state index contributed by atoms with van der Waals surface area (Å²) in [4.78, 5) is 10.5. The van der Waals surface area contributed by atoms with E-state index in [9.17, 15) is 0 Å². The van der Waals surface area contributed by atoms with Crippen LogP contribution in [0.2, 0.25) is 0 Å². The molecule has 7 nitrogen and oxygen atoms in total. The number of ether oxygens (including phenoxy) is 2. The molecule has 0 unspecified atom stereocenters. The van der Waals surface area contributed by atoms with Gasteiger partial charge in [-0.15, -0.1) is 5.10 Å². The Kier molecular flexibility index (Phi) is 5.40. The highest BCUT2D eigenvalue weighted by molar-refractivity contribution is 7.20. The number of nitrogens with zero attached hydrogens (tertiary/aromatic N) is 5. The molecule has 0 aliphatic carbocycles. The van der Waals surface area contributed by atoms with Crippen LogP contribution in [0.15, 0.2) is 24.4 Å². The number of rotatable bonds is 5. The second kappa shape index (κ2) is 7.84. The molecule has 2 aromatic heterocycles. The maximum atomic E-state index is 5.52. The quantitative estimate of drug-likeness (QED) is 0.636. The zero-order chi connectivity index (χ0) is 20.6. The van der Waals surface area contributed by atoms with Crippen LogP contribution in [0.1, 0.15) is 32.0 Å². The van der Waals surface area contributed by atoms with Crippen LogP contribution in [0, 0.1) is 0 Å². The summed E-state index contributed by atoms with van der Waals surface area (Å²) in [6, 6.07) is 5.97. The number of piperazine rings is 1. The zero-order valence-corrected chi connectivity index (χ0v) is 18.6. The Labute approximate surface area is 175 Å². The van der Waals surface area contributed by atoms with Gasteiger partial charge in [0.1, 0.15) is 11.5 Å². The van der Waals surface area contributed by atoms with Crippen molar-refractivity contribution in [3.63, 3.8) is 0 Å². The first-order chi connectivity index (χ1) is 13.9. The van der Waals surface area contributed by atoms with Gasteiger partial charge in [0, 0.05) is 43.7 Å². The van der Waals surface area contributed by atoms with Crippen LogP contribution in [0.25, 0.3) is 4.96 Å². The minimum Gasteiger partial charge on any atom is -0.497 e. The van der Waals surface area contributed by atoms with Crippen LogP contribution in [0.3, 0.4) is 0 Å². The van der Waals surface area contributed by atoms with E-state index in [0.717, 1.165) is 65.6 Å². The van der Waals surface area contributed by atoms with E-state index < -0.39 is 0 Å². The van der Waals surface area contributed by atoms with Crippen LogP contribution < -0.4 is 14.4 Å². The molecular weight excluding hydrogens is 386 g/mol. The van der Waals surface area contributed by atoms with Gasteiger partial charge >= 0.3 is 0 Å². The average molecular weight is 416 g/mol. The molecule has 1 aromatic carbocycles. The van der Waals surface area contributed by atoms with Crippen LogP contribution in [-0.4, -0.2) is 59.9 Å². The second-order valence-corrected chi connectivity index (χ2v) is 9.36. The molecule has 0 atom stereocenters. The number of fused-ring (bicyclic) bond motifs is 1. The van der Waals surface area contributed by atoms with Crippen LogP contribution >= 0.6 is 11.3 Å². The first-order valence-corrected chi connectivity index (χ1v) is 10.7. The largest absolute Gasteiger partial charge is 0.497 e. The van der Waals surface area contributed by atoms with Crippen molar-refractivity contribution in [2.45, 2.75) is 32.7 Å². The summed E-state index contributed by atoms with van der Waals surface area (Å²) in [6.07, 6.45) is 2.06. The molecule has 0 spiro atoms. The Morgan fingerprint density at radius 1 is 1.07 bits per heavy atom. The Morgan fingerprint density at radius 2 is 1.83 bits per heavy atom. The molecule has 4 rings (SSSR count). The number of hydrogen-bond donors (Lipinski definition) is 0. The lowest BCUT2D eigenvalue weighted by Crippen LogP contribution is -2.46. The fraction of sp³-hybridized carbons (Fsp3) is 0.524. The summed E-state index contributed by atoms with van der Waals surface area (Å²) in [5.41, 5.74) is 2.28. The zero-order valence-electron chi connectivity index (χ0n) is 17.8. The minimum atomic E-state index is 0.0420. The molecule has 0 radical (unpaired) electrons. The third kappa shape index (κ3) is 4.18. The van der Waals surface area contributed by atoms with Crippen LogP contribution in [0.5, 0.6) is 11.5 Å². The Balaban J connectivity index is 1.41. The molecular formula is C21H29N5O2S. The molecule has 3 heterocycles. The molecule has 0 amide bonds. The monoisotopic (exact) mass is 415 g/mol. The van der Waals surface area contributed by atoms with Gasteiger partial charge in [0.05, 0.1) is 26.1 Å². The molecule has 156 valence electrons. The van der Waals surface area contributed by atoms with E-state index in [2.05, 4.69) is 42.8 Å². The minimum absolute atomic E-state index is 0.0420. The summed E-state index contributed by atoms with van der Waals surface area (Å²) in [6.45, 7) is 11.3. The van der Waals surface area contributed by atoms with E-state index in [-0.39, 0.29) is 5.41 Å². The number of hydrogen-bond acceptors (Lipinski definition) is 7. The topological polar surface area (TPSA) is 55.1 Å². The fourth-order valence-electron chi connectivity index (χ4n) is 3.52. The van der Waals surface area contributed by atoms with E-state index in [4.69, 9.17) is 19.6 Å². The molecule has 0 bridgehead atoms. The van der Waals surface area contributed by atoms with Gasteiger partial charge in [0.15, 0.2) is 0 Å². The molecule has 29 heavy (non-hydrogen) atoms. The van der Waals surface area contributed by atoms with Gasteiger partial charge in [0.2, 0.25) is 10.1 Å². The van der Waals surface area contributed by atoms with Gasteiger partial charge < -0.3 is 14.4 Å². The number of anilines is 1.